The molecule has 21 heavy (non-hydrogen) atoms. The predicted molar refractivity (Wildman–Crippen MR) is 94.2 cm³/mol. The van der Waals surface area contributed by atoms with Crippen molar-refractivity contribution in [2.24, 2.45) is 5.73 Å². The number of benzene rings is 1. The van der Waals surface area contributed by atoms with E-state index in [-0.39, 0.29) is 24.8 Å². The summed E-state index contributed by atoms with van der Waals surface area (Å²) in [6.07, 6.45) is 5.63. The third kappa shape index (κ3) is 5.33. The molecule has 3 N–H and O–H groups in total. The number of hydrogen-bond donors (Lipinski definition) is 2. The van der Waals surface area contributed by atoms with Gasteiger partial charge in [-0.05, 0) is 55.8 Å². The van der Waals surface area contributed by atoms with Crippen LogP contribution in [0.5, 0.6) is 5.75 Å². The van der Waals surface area contributed by atoms with Gasteiger partial charge >= 0.3 is 0 Å². The van der Waals surface area contributed by atoms with Gasteiger partial charge in [-0.15, -0.1) is 24.8 Å². The van der Waals surface area contributed by atoms with E-state index in [0.717, 1.165) is 38.0 Å². The minimum absolute atomic E-state index is 0. The van der Waals surface area contributed by atoms with Gasteiger partial charge in [0.2, 0.25) is 0 Å². The normalized spacial score (nSPS) is 18.0. The van der Waals surface area contributed by atoms with Crippen LogP contribution >= 0.6 is 24.8 Å². The maximum atomic E-state index is 5.67. The summed E-state index contributed by atoms with van der Waals surface area (Å²) in [4.78, 5) is 0. The minimum atomic E-state index is 0. The number of hydrogen-bond acceptors (Lipinski definition) is 3. The lowest BCUT2D eigenvalue weighted by Gasteiger charge is -2.30. The maximum absolute atomic E-state index is 5.67. The summed E-state index contributed by atoms with van der Waals surface area (Å²) in [6, 6.07) is 7.49. The second kappa shape index (κ2) is 10.3. The second-order valence-corrected chi connectivity index (χ2v) is 5.39. The van der Waals surface area contributed by atoms with E-state index in [1.807, 2.05) is 0 Å². The van der Waals surface area contributed by atoms with E-state index in [1.54, 1.807) is 7.11 Å². The molecule has 122 valence electrons. The molecular formula is C16H28Cl2N2O. The first kappa shape index (κ1) is 20.5. The highest BCUT2D eigenvalue weighted by molar-refractivity contribution is 5.85. The molecule has 0 aromatic heterocycles. The highest BCUT2D eigenvalue weighted by Crippen LogP contribution is 2.29. The number of methoxy groups -OCH3 is 1. The smallest absolute Gasteiger partial charge is 0.122 e. The van der Waals surface area contributed by atoms with Gasteiger partial charge in [0.1, 0.15) is 5.75 Å². The Morgan fingerprint density at radius 1 is 1.38 bits per heavy atom. The first-order valence-electron chi connectivity index (χ1n) is 7.39. The van der Waals surface area contributed by atoms with Crippen LogP contribution in [0.2, 0.25) is 0 Å². The molecule has 1 aliphatic carbocycles. The summed E-state index contributed by atoms with van der Waals surface area (Å²) in [5.41, 5.74) is 8.51. The number of fused-ring (bicyclic) bond motifs is 1. The summed E-state index contributed by atoms with van der Waals surface area (Å²) in [6.45, 7) is 2.99. The average molecular weight is 335 g/mol. The maximum Gasteiger partial charge on any atom is 0.122 e. The monoisotopic (exact) mass is 334 g/mol. The van der Waals surface area contributed by atoms with Gasteiger partial charge in [-0.25, -0.2) is 0 Å². The van der Waals surface area contributed by atoms with Crippen molar-refractivity contribution in [2.45, 2.75) is 51.1 Å². The lowest BCUT2D eigenvalue weighted by Crippen LogP contribution is -2.42. The molecule has 2 rings (SSSR count). The summed E-state index contributed by atoms with van der Waals surface area (Å²) in [7, 11) is 1.76. The number of aryl methyl sites for hydroxylation is 1. The van der Waals surface area contributed by atoms with Crippen molar-refractivity contribution in [2.75, 3.05) is 13.7 Å². The van der Waals surface area contributed by atoms with Crippen molar-refractivity contribution in [3.8, 4) is 5.75 Å². The van der Waals surface area contributed by atoms with Crippen molar-refractivity contribution in [3.63, 3.8) is 0 Å². The zero-order valence-electron chi connectivity index (χ0n) is 12.9. The van der Waals surface area contributed by atoms with Crippen molar-refractivity contribution in [1.82, 2.24) is 5.32 Å². The first-order valence-corrected chi connectivity index (χ1v) is 7.39. The van der Waals surface area contributed by atoms with Gasteiger partial charge in [0.15, 0.2) is 0 Å². The zero-order valence-corrected chi connectivity index (χ0v) is 14.6. The van der Waals surface area contributed by atoms with Crippen LogP contribution in [-0.4, -0.2) is 25.7 Å². The molecule has 0 saturated heterocycles. The molecule has 5 heteroatoms. The second-order valence-electron chi connectivity index (χ2n) is 5.39. The van der Waals surface area contributed by atoms with Crippen LogP contribution in [0.15, 0.2) is 18.2 Å². The van der Waals surface area contributed by atoms with Gasteiger partial charge < -0.3 is 15.8 Å². The van der Waals surface area contributed by atoms with E-state index < -0.39 is 0 Å². The van der Waals surface area contributed by atoms with E-state index in [2.05, 4.69) is 30.4 Å². The molecule has 0 bridgehead atoms. The Balaban J connectivity index is 0.00000200. The largest absolute Gasteiger partial charge is 0.496 e. The fraction of sp³-hybridized carbons (Fsp3) is 0.625. The topological polar surface area (TPSA) is 47.3 Å². The van der Waals surface area contributed by atoms with Crippen LogP contribution in [0, 0.1) is 0 Å². The van der Waals surface area contributed by atoms with Crippen LogP contribution in [-0.2, 0) is 12.8 Å². The summed E-state index contributed by atoms with van der Waals surface area (Å²) < 4.78 is 5.49. The zero-order chi connectivity index (χ0) is 13.7. The Hall–Kier alpha value is -0.480. The molecule has 3 nitrogen and oxygen atoms in total. The molecule has 2 unspecified atom stereocenters. The van der Waals surface area contributed by atoms with Gasteiger partial charge in [-0.3, -0.25) is 0 Å². The van der Waals surface area contributed by atoms with Crippen LogP contribution in [0.4, 0.5) is 0 Å². The SMILES string of the molecule is CCC(CCN)NC1CCc2cccc(OC)c2C1.Cl.Cl. The molecule has 1 aromatic rings. The Kier molecular flexibility index (Phi) is 10.0. The fourth-order valence-electron chi connectivity index (χ4n) is 3.03. The van der Waals surface area contributed by atoms with E-state index in [1.165, 1.54) is 17.5 Å². The summed E-state index contributed by atoms with van der Waals surface area (Å²) in [5, 5.41) is 3.76. The van der Waals surface area contributed by atoms with Gasteiger partial charge in [-0.2, -0.15) is 0 Å². The Morgan fingerprint density at radius 3 is 2.76 bits per heavy atom. The molecule has 1 aliphatic rings. The number of nitrogens with one attached hydrogen (secondary N) is 1. The number of halogens is 2. The minimum Gasteiger partial charge on any atom is -0.496 e. The Labute approximate surface area is 140 Å². The molecule has 0 saturated carbocycles. The van der Waals surface area contributed by atoms with Crippen LogP contribution in [0.25, 0.3) is 0 Å². The lowest BCUT2D eigenvalue weighted by molar-refractivity contribution is 0.360. The molecule has 0 spiro atoms. The molecule has 0 heterocycles. The van der Waals surface area contributed by atoms with Crippen molar-refractivity contribution in [1.29, 1.82) is 0 Å². The fourth-order valence-corrected chi connectivity index (χ4v) is 3.03. The molecule has 0 fully saturated rings. The van der Waals surface area contributed by atoms with Crippen LogP contribution in [0.3, 0.4) is 0 Å². The molecule has 1 aromatic carbocycles. The van der Waals surface area contributed by atoms with Gasteiger partial charge in [0.05, 0.1) is 7.11 Å². The number of rotatable bonds is 6. The van der Waals surface area contributed by atoms with Crippen molar-refractivity contribution in [3.05, 3.63) is 29.3 Å². The van der Waals surface area contributed by atoms with E-state index >= 15 is 0 Å². The molecule has 0 amide bonds. The predicted octanol–water partition coefficient (Wildman–Crippen LogP) is 3.11. The summed E-state index contributed by atoms with van der Waals surface area (Å²) >= 11 is 0. The lowest BCUT2D eigenvalue weighted by atomic mass is 9.87. The number of nitrogens with two attached hydrogens (primary N) is 1. The third-order valence-corrected chi connectivity index (χ3v) is 4.14. The Bertz CT molecular complexity index is 401. The van der Waals surface area contributed by atoms with Gasteiger partial charge in [0.25, 0.3) is 0 Å². The third-order valence-electron chi connectivity index (χ3n) is 4.14. The van der Waals surface area contributed by atoms with Crippen molar-refractivity contribution < 1.29 is 4.74 Å². The van der Waals surface area contributed by atoms with E-state index in [9.17, 15) is 0 Å². The highest BCUT2D eigenvalue weighted by atomic mass is 35.5. The van der Waals surface area contributed by atoms with Gasteiger partial charge in [0, 0.05) is 12.1 Å². The van der Waals surface area contributed by atoms with Crippen molar-refractivity contribution >= 4 is 24.8 Å². The van der Waals surface area contributed by atoms with Gasteiger partial charge in [-0.1, -0.05) is 19.1 Å². The Morgan fingerprint density at radius 2 is 2.14 bits per heavy atom. The average Bonchev–Trinajstić information content (AvgIpc) is 2.46. The molecule has 0 radical (unpaired) electrons. The van der Waals surface area contributed by atoms with Crippen LogP contribution in [0.1, 0.15) is 37.3 Å². The molecular weight excluding hydrogens is 307 g/mol. The summed E-state index contributed by atoms with van der Waals surface area (Å²) in [5.74, 6) is 1.04. The van der Waals surface area contributed by atoms with E-state index in [4.69, 9.17) is 10.5 Å². The first-order chi connectivity index (χ1) is 9.28. The van der Waals surface area contributed by atoms with E-state index in [0.29, 0.717) is 12.1 Å². The number of ether oxygens (including phenoxy) is 1. The molecule has 0 aliphatic heterocycles. The molecule has 2 atom stereocenters. The quantitative estimate of drug-likeness (QED) is 0.840. The standard InChI is InChI=1S/C16H26N2O.2ClH/c1-3-13(9-10-17)18-14-8-7-12-5-4-6-16(19-2)15(12)11-14;;/h4-6,13-14,18H,3,7-11,17H2,1-2H3;2*1H. The highest BCUT2D eigenvalue weighted by Gasteiger charge is 2.22. The van der Waals surface area contributed by atoms with Crippen LogP contribution < -0.4 is 15.8 Å².